The Morgan fingerprint density at radius 3 is 2.65 bits per heavy atom. The van der Waals surface area contributed by atoms with Crippen molar-refractivity contribution in [2.75, 3.05) is 14.2 Å². The van der Waals surface area contributed by atoms with Crippen molar-refractivity contribution in [2.24, 2.45) is 0 Å². The molecule has 23 heavy (non-hydrogen) atoms. The minimum absolute atomic E-state index is 0.141. The predicted molar refractivity (Wildman–Crippen MR) is 76.3 cm³/mol. The summed E-state index contributed by atoms with van der Waals surface area (Å²) in [5.41, 5.74) is 0.122. The van der Waals surface area contributed by atoms with Crippen LogP contribution in [0.5, 0.6) is 5.75 Å². The molecule has 0 radical (unpaired) electrons. The van der Waals surface area contributed by atoms with Crippen molar-refractivity contribution < 1.29 is 24.4 Å². The molecule has 0 fully saturated rings. The third-order valence-electron chi connectivity index (χ3n) is 3.67. The van der Waals surface area contributed by atoms with Crippen molar-refractivity contribution in [3.8, 4) is 5.75 Å². The van der Waals surface area contributed by atoms with Gasteiger partial charge in [0.25, 0.3) is 5.69 Å². The zero-order valence-electron chi connectivity index (χ0n) is 12.7. The van der Waals surface area contributed by atoms with E-state index in [9.17, 15) is 24.8 Å². The zero-order valence-corrected chi connectivity index (χ0v) is 12.7. The van der Waals surface area contributed by atoms with Gasteiger partial charge in [-0.3, -0.25) is 10.1 Å². The Kier molecular flexibility index (Phi) is 4.21. The van der Waals surface area contributed by atoms with Crippen LogP contribution in [0.1, 0.15) is 18.5 Å². The number of nitro benzene ring substituents is 1. The molecule has 0 unspecified atom stereocenters. The molecule has 0 aromatic heterocycles. The number of hydrogen-bond donors (Lipinski definition) is 1. The van der Waals surface area contributed by atoms with Gasteiger partial charge < -0.3 is 20.1 Å². The molecule has 0 saturated carbocycles. The van der Waals surface area contributed by atoms with Crippen molar-refractivity contribution in [2.45, 2.75) is 13.0 Å². The van der Waals surface area contributed by atoms with Crippen LogP contribution in [0.25, 0.3) is 0 Å². The van der Waals surface area contributed by atoms with Crippen LogP contribution in [0.4, 0.5) is 10.5 Å². The SMILES string of the molecule is COC(=O)C1=C(C)N(C)C(=O)N[C@H]1c1ccc([O-])c([N+](=O)[O-])c1. The Hall–Kier alpha value is -3.10. The Bertz CT molecular complexity index is 727. The number of nitrogens with zero attached hydrogens (tertiary/aromatic N) is 2. The van der Waals surface area contributed by atoms with E-state index in [2.05, 4.69) is 5.32 Å². The van der Waals surface area contributed by atoms with Gasteiger partial charge in [-0.15, -0.1) is 0 Å². The number of esters is 1. The first-order valence-corrected chi connectivity index (χ1v) is 6.56. The molecule has 9 nitrogen and oxygen atoms in total. The van der Waals surface area contributed by atoms with Gasteiger partial charge in [0.2, 0.25) is 0 Å². The largest absolute Gasteiger partial charge is 0.868 e. The fourth-order valence-electron chi connectivity index (χ4n) is 2.32. The molecule has 0 saturated heterocycles. The second kappa shape index (κ2) is 5.95. The topological polar surface area (TPSA) is 125 Å². The summed E-state index contributed by atoms with van der Waals surface area (Å²) in [6.45, 7) is 1.56. The van der Waals surface area contributed by atoms with E-state index in [1.807, 2.05) is 0 Å². The van der Waals surface area contributed by atoms with Crippen molar-refractivity contribution in [3.63, 3.8) is 0 Å². The molecule has 1 aliphatic heterocycles. The lowest BCUT2D eigenvalue weighted by atomic mass is 9.94. The second-order valence-electron chi connectivity index (χ2n) is 4.92. The highest BCUT2D eigenvalue weighted by Gasteiger charge is 2.35. The molecule has 1 aromatic carbocycles. The zero-order chi connectivity index (χ0) is 17.3. The quantitative estimate of drug-likeness (QED) is 0.499. The molecule has 0 spiro atoms. The monoisotopic (exact) mass is 320 g/mol. The van der Waals surface area contributed by atoms with Crippen LogP contribution in [-0.4, -0.2) is 36.0 Å². The summed E-state index contributed by atoms with van der Waals surface area (Å²) in [5.74, 6) is -1.42. The van der Waals surface area contributed by atoms with Crippen LogP contribution >= 0.6 is 0 Å². The summed E-state index contributed by atoms with van der Waals surface area (Å²) in [6, 6.07) is 2.00. The van der Waals surface area contributed by atoms with Gasteiger partial charge in [-0.1, -0.05) is 12.1 Å². The average molecular weight is 320 g/mol. The minimum Gasteiger partial charge on any atom is -0.868 e. The summed E-state index contributed by atoms with van der Waals surface area (Å²) in [4.78, 5) is 35.4. The van der Waals surface area contributed by atoms with E-state index in [4.69, 9.17) is 4.74 Å². The molecule has 0 aliphatic carbocycles. The number of carbonyl (C=O) groups is 2. The first kappa shape index (κ1) is 16.3. The number of nitro groups is 1. The molecule has 2 rings (SSSR count). The first-order chi connectivity index (χ1) is 10.8. The maximum Gasteiger partial charge on any atom is 0.337 e. The molecule has 2 amide bonds. The lowest BCUT2D eigenvalue weighted by Crippen LogP contribution is -2.46. The Balaban J connectivity index is 2.60. The molecule has 1 atom stereocenters. The Labute approximate surface area is 131 Å². The van der Waals surface area contributed by atoms with E-state index < -0.39 is 34.4 Å². The first-order valence-electron chi connectivity index (χ1n) is 6.56. The van der Waals surface area contributed by atoms with E-state index in [1.165, 1.54) is 25.1 Å². The summed E-state index contributed by atoms with van der Waals surface area (Å²) in [7, 11) is 2.67. The van der Waals surface area contributed by atoms with E-state index in [0.29, 0.717) is 5.70 Å². The highest BCUT2D eigenvalue weighted by molar-refractivity contribution is 5.94. The molecule has 122 valence electrons. The summed E-state index contributed by atoms with van der Waals surface area (Å²) >= 11 is 0. The number of amides is 2. The van der Waals surface area contributed by atoms with Gasteiger partial charge in [0, 0.05) is 18.8 Å². The van der Waals surface area contributed by atoms with Crippen molar-refractivity contribution in [1.29, 1.82) is 0 Å². The molecular formula is C14H14N3O6-. The highest BCUT2D eigenvalue weighted by Crippen LogP contribution is 2.34. The van der Waals surface area contributed by atoms with Gasteiger partial charge in [-0.2, -0.15) is 0 Å². The molecule has 9 heteroatoms. The number of allylic oxidation sites excluding steroid dienone is 1. The van der Waals surface area contributed by atoms with Crippen LogP contribution in [0.2, 0.25) is 0 Å². The maximum atomic E-state index is 12.0. The third kappa shape index (κ3) is 2.80. The minimum atomic E-state index is -0.939. The maximum absolute atomic E-state index is 12.0. The fraction of sp³-hybridized carbons (Fsp3) is 0.286. The van der Waals surface area contributed by atoms with Crippen molar-refractivity contribution in [3.05, 3.63) is 45.1 Å². The fourth-order valence-corrected chi connectivity index (χ4v) is 2.32. The van der Waals surface area contributed by atoms with Gasteiger partial charge in [0.05, 0.1) is 23.6 Å². The lowest BCUT2D eigenvalue weighted by Gasteiger charge is -2.33. The van der Waals surface area contributed by atoms with Crippen LogP contribution in [0.3, 0.4) is 0 Å². The Morgan fingerprint density at radius 1 is 1.43 bits per heavy atom. The van der Waals surface area contributed by atoms with E-state index >= 15 is 0 Å². The van der Waals surface area contributed by atoms with E-state index in [0.717, 1.165) is 12.1 Å². The number of ether oxygens (including phenoxy) is 1. The smallest absolute Gasteiger partial charge is 0.337 e. The standard InChI is InChI=1S/C14H15N3O6/c1-7-11(13(19)23-3)12(15-14(20)16(7)2)8-4-5-10(18)9(6-8)17(21)22/h4-6,12,18H,1-3H3,(H,15,20)/p-1/t12-/m0/s1. The molecular weight excluding hydrogens is 306 g/mol. The number of rotatable bonds is 3. The van der Waals surface area contributed by atoms with Crippen molar-refractivity contribution >= 4 is 17.7 Å². The van der Waals surface area contributed by atoms with Crippen LogP contribution in [0.15, 0.2) is 29.5 Å². The third-order valence-corrected chi connectivity index (χ3v) is 3.67. The number of benzene rings is 1. The molecule has 1 aliphatic rings. The van der Waals surface area contributed by atoms with Gasteiger partial charge in [0.15, 0.2) is 0 Å². The van der Waals surface area contributed by atoms with Gasteiger partial charge in [-0.25, -0.2) is 9.59 Å². The number of carbonyl (C=O) groups excluding carboxylic acids is 2. The van der Waals surface area contributed by atoms with E-state index in [-0.39, 0.29) is 11.1 Å². The van der Waals surface area contributed by atoms with Gasteiger partial charge in [0.1, 0.15) is 0 Å². The number of hydrogen-bond acceptors (Lipinski definition) is 6. The van der Waals surface area contributed by atoms with Crippen LogP contribution in [-0.2, 0) is 9.53 Å². The van der Waals surface area contributed by atoms with Gasteiger partial charge >= 0.3 is 12.0 Å². The molecule has 1 N–H and O–H groups in total. The predicted octanol–water partition coefficient (Wildman–Crippen LogP) is 0.812. The Morgan fingerprint density at radius 2 is 2.09 bits per heavy atom. The number of nitrogens with one attached hydrogen (secondary N) is 1. The molecule has 0 bridgehead atoms. The molecule has 1 aromatic rings. The number of urea groups is 1. The molecule has 1 heterocycles. The highest BCUT2D eigenvalue weighted by atomic mass is 16.6. The van der Waals surface area contributed by atoms with Gasteiger partial charge in [-0.05, 0) is 18.2 Å². The number of methoxy groups -OCH3 is 1. The summed E-state index contributed by atoms with van der Waals surface area (Å²) in [5, 5.41) is 25.0. The van der Waals surface area contributed by atoms with Crippen LogP contribution < -0.4 is 10.4 Å². The van der Waals surface area contributed by atoms with Crippen LogP contribution in [0, 0.1) is 10.1 Å². The van der Waals surface area contributed by atoms with E-state index in [1.54, 1.807) is 6.92 Å². The lowest BCUT2D eigenvalue weighted by molar-refractivity contribution is -0.398. The van der Waals surface area contributed by atoms with Crippen molar-refractivity contribution in [1.82, 2.24) is 10.2 Å². The second-order valence-corrected chi connectivity index (χ2v) is 4.92. The summed E-state index contributed by atoms with van der Waals surface area (Å²) in [6.07, 6.45) is 0. The average Bonchev–Trinajstić information content (AvgIpc) is 2.51. The normalized spacial score (nSPS) is 17.8. The summed E-state index contributed by atoms with van der Waals surface area (Å²) < 4.78 is 4.73.